The average molecular weight is 401 g/mol. The number of hydrogen-bond donors (Lipinski definition) is 3. The zero-order valence-electron chi connectivity index (χ0n) is 16.5. The molecular weight excluding hydrogens is 382 g/mol. The van der Waals surface area contributed by atoms with E-state index in [1.807, 2.05) is 26.0 Å². The first-order valence-electron chi connectivity index (χ1n) is 9.62. The molecule has 0 saturated carbocycles. The van der Waals surface area contributed by atoms with Crippen LogP contribution in [-0.4, -0.2) is 39.9 Å². The number of aromatic nitrogens is 3. The van der Waals surface area contributed by atoms with Gasteiger partial charge in [0, 0.05) is 11.9 Å². The SMILES string of the molecule is Cc1cc2c([nH]1)/C=C1\C(=O)Nc3ccc(nc31)-c1c(ccnc1C)OCCNC2=O. The summed E-state index contributed by atoms with van der Waals surface area (Å²) in [6, 6.07) is 7.21. The molecule has 8 nitrogen and oxygen atoms in total. The number of aromatic amines is 1. The zero-order chi connectivity index (χ0) is 20.8. The van der Waals surface area contributed by atoms with Crippen molar-refractivity contribution in [2.75, 3.05) is 18.5 Å². The smallest absolute Gasteiger partial charge is 0.258 e. The van der Waals surface area contributed by atoms with Gasteiger partial charge in [-0.25, -0.2) is 4.98 Å². The van der Waals surface area contributed by atoms with Gasteiger partial charge in [-0.15, -0.1) is 0 Å². The van der Waals surface area contributed by atoms with Gasteiger partial charge in [-0.05, 0) is 44.2 Å². The summed E-state index contributed by atoms with van der Waals surface area (Å²) >= 11 is 0. The van der Waals surface area contributed by atoms with Gasteiger partial charge in [-0.2, -0.15) is 0 Å². The summed E-state index contributed by atoms with van der Waals surface area (Å²) in [5.41, 5.74) is 5.59. The number of nitrogens with one attached hydrogen (secondary N) is 3. The molecule has 3 aromatic heterocycles. The van der Waals surface area contributed by atoms with Crippen molar-refractivity contribution in [3.63, 3.8) is 0 Å². The first-order chi connectivity index (χ1) is 14.5. The molecule has 8 heteroatoms. The van der Waals surface area contributed by atoms with Crippen molar-refractivity contribution in [1.29, 1.82) is 0 Å². The molecule has 0 atom stereocenters. The third-order valence-electron chi connectivity index (χ3n) is 5.16. The topological polar surface area (TPSA) is 109 Å². The molecule has 3 aromatic rings. The number of pyridine rings is 2. The van der Waals surface area contributed by atoms with Crippen LogP contribution >= 0.6 is 0 Å². The van der Waals surface area contributed by atoms with E-state index in [1.54, 1.807) is 24.4 Å². The second kappa shape index (κ2) is 6.84. The van der Waals surface area contributed by atoms with E-state index in [0.29, 0.717) is 52.8 Å². The molecule has 0 aliphatic carbocycles. The van der Waals surface area contributed by atoms with Crippen molar-refractivity contribution in [3.8, 4) is 17.0 Å². The summed E-state index contributed by atoms with van der Waals surface area (Å²) in [7, 11) is 0. The Morgan fingerprint density at radius 1 is 1.10 bits per heavy atom. The second-order valence-electron chi connectivity index (χ2n) is 7.26. The van der Waals surface area contributed by atoms with Crippen LogP contribution in [0.4, 0.5) is 5.69 Å². The lowest BCUT2D eigenvalue weighted by molar-refractivity contribution is -0.110. The molecule has 0 saturated heterocycles. The highest BCUT2D eigenvalue weighted by Crippen LogP contribution is 2.37. The molecule has 0 spiro atoms. The molecule has 150 valence electrons. The van der Waals surface area contributed by atoms with E-state index in [9.17, 15) is 9.59 Å². The van der Waals surface area contributed by atoms with Crippen molar-refractivity contribution < 1.29 is 14.3 Å². The Morgan fingerprint density at radius 2 is 1.97 bits per heavy atom. The van der Waals surface area contributed by atoms with E-state index in [2.05, 4.69) is 20.6 Å². The molecular formula is C22H19N5O3. The summed E-state index contributed by atoms with van der Waals surface area (Å²) in [4.78, 5) is 37.7. The molecule has 30 heavy (non-hydrogen) atoms. The lowest BCUT2D eigenvalue weighted by Crippen LogP contribution is -2.28. The van der Waals surface area contributed by atoms with Gasteiger partial charge in [0.2, 0.25) is 0 Å². The lowest BCUT2D eigenvalue weighted by atomic mass is 10.1. The van der Waals surface area contributed by atoms with Crippen molar-refractivity contribution >= 4 is 29.2 Å². The minimum Gasteiger partial charge on any atom is -0.491 e. The molecule has 2 amide bonds. The first-order valence-corrected chi connectivity index (χ1v) is 9.62. The Bertz CT molecular complexity index is 1240. The summed E-state index contributed by atoms with van der Waals surface area (Å²) < 4.78 is 5.95. The molecule has 0 fully saturated rings. The van der Waals surface area contributed by atoms with Crippen LogP contribution < -0.4 is 15.4 Å². The maximum absolute atomic E-state index is 12.7. The van der Waals surface area contributed by atoms with E-state index >= 15 is 0 Å². The fourth-order valence-electron chi connectivity index (χ4n) is 3.79. The Balaban J connectivity index is 1.75. The number of amides is 2. The van der Waals surface area contributed by atoms with Gasteiger partial charge >= 0.3 is 0 Å². The molecule has 5 rings (SSSR count). The highest BCUT2D eigenvalue weighted by Gasteiger charge is 2.28. The van der Waals surface area contributed by atoms with Gasteiger partial charge in [0.25, 0.3) is 11.8 Å². The fourth-order valence-corrected chi connectivity index (χ4v) is 3.79. The number of ether oxygens (including phenoxy) is 1. The minimum absolute atomic E-state index is 0.238. The van der Waals surface area contributed by atoms with E-state index in [0.717, 1.165) is 17.0 Å². The summed E-state index contributed by atoms with van der Waals surface area (Å²) in [6.45, 7) is 4.38. The van der Waals surface area contributed by atoms with Crippen LogP contribution in [0.25, 0.3) is 22.9 Å². The predicted molar refractivity (Wildman–Crippen MR) is 112 cm³/mol. The van der Waals surface area contributed by atoms with Gasteiger partial charge in [0.15, 0.2) is 0 Å². The molecule has 2 bridgehead atoms. The number of fused-ring (bicyclic) bond motifs is 4. The standard InChI is InChI=1S/C22H19N5O3/c1-11-9-13-17(25-11)10-14-20-16(27-22(14)29)4-3-15(26-20)19-12(2)23-6-5-18(19)30-8-7-24-21(13)28/h3-6,9-10,25H,7-8H2,1-2H3,(H,24,28)(H,27,29)/b14-10-. The molecule has 0 aromatic carbocycles. The molecule has 2 aliphatic heterocycles. The number of aryl methyl sites for hydroxylation is 2. The van der Waals surface area contributed by atoms with Gasteiger partial charge in [0.1, 0.15) is 18.1 Å². The second-order valence-corrected chi connectivity index (χ2v) is 7.26. The van der Waals surface area contributed by atoms with E-state index < -0.39 is 0 Å². The Kier molecular flexibility index (Phi) is 4.13. The molecule has 0 unspecified atom stereocenters. The van der Waals surface area contributed by atoms with E-state index in [-0.39, 0.29) is 11.8 Å². The Hall–Kier alpha value is -3.94. The average Bonchev–Trinajstić information content (AvgIpc) is 3.24. The maximum Gasteiger partial charge on any atom is 0.258 e. The van der Waals surface area contributed by atoms with Crippen LogP contribution in [-0.2, 0) is 4.79 Å². The predicted octanol–water partition coefficient (Wildman–Crippen LogP) is 2.70. The van der Waals surface area contributed by atoms with Crippen LogP contribution in [0, 0.1) is 13.8 Å². The van der Waals surface area contributed by atoms with Crippen LogP contribution in [0.2, 0.25) is 0 Å². The zero-order valence-corrected chi connectivity index (χ0v) is 16.5. The van der Waals surface area contributed by atoms with Crippen LogP contribution in [0.3, 0.4) is 0 Å². The molecule has 5 heterocycles. The first kappa shape index (κ1) is 18.1. The number of carbonyl (C=O) groups is 2. The monoisotopic (exact) mass is 401 g/mol. The van der Waals surface area contributed by atoms with E-state index in [4.69, 9.17) is 9.72 Å². The number of carbonyl (C=O) groups excluding carboxylic acids is 2. The highest BCUT2D eigenvalue weighted by molar-refractivity contribution is 6.34. The van der Waals surface area contributed by atoms with Gasteiger partial charge in [0.05, 0.1) is 46.0 Å². The summed E-state index contributed by atoms with van der Waals surface area (Å²) in [5.74, 6) is 0.125. The largest absolute Gasteiger partial charge is 0.491 e. The Morgan fingerprint density at radius 3 is 2.83 bits per heavy atom. The fraction of sp³-hybridized carbons (Fsp3) is 0.182. The summed E-state index contributed by atoms with van der Waals surface area (Å²) in [5, 5.41) is 5.71. The minimum atomic E-state index is -0.264. The van der Waals surface area contributed by atoms with Crippen LogP contribution in [0.15, 0.2) is 30.5 Å². The van der Waals surface area contributed by atoms with E-state index in [1.165, 1.54) is 0 Å². The molecule has 3 N–H and O–H groups in total. The Labute approximate surface area is 172 Å². The molecule has 2 aliphatic rings. The van der Waals surface area contributed by atoms with Crippen LogP contribution in [0.5, 0.6) is 5.75 Å². The van der Waals surface area contributed by atoms with Gasteiger partial charge < -0.3 is 20.4 Å². The highest BCUT2D eigenvalue weighted by atomic mass is 16.5. The normalized spacial score (nSPS) is 16.9. The summed E-state index contributed by atoms with van der Waals surface area (Å²) in [6.07, 6.45) is 3.35. The van der Waals surface area contributed by atoms with Gasteiger partial charge in [-0.3, -0.25) is 14.6 Å². The number of anilines is 1. The van der Waals surface area contributed by atoms with Crippen molar-refractivity contribution in [2.45, 2.75) is 13.8 Å². The van der Waals surface area contributed by atoms with Crippen LogP contribution in [0.1, 0.15) is 33.1 Å². The van der Waals surface area contributed by atoms with Crippen molar-refractivity contribution in [2.24, 2.45) is 0 Å². The maximum atomic E-state index is 12.7. The number of rotatable bonds is 0. The molecule has 0 radical (unpaired) electrons. The number of hydrogen-bond acceptors (Lipinski definition) is 5. The lowest BCUT2D eigenvalue weighted by Gasteiger charge is -2.14. The third-order valence-corrected chi connectivity index (χ3v) is 5.16. The van der Waals surface area contributed by atoms with Crippen molar-refractivity contribution in [1.82, 2.24) is 20.3 Å². The third kappa shape index (κ3) is 2.93. The number of H-pyrrole nitrogens is 1. The van der Waals surface area contributed by atoms with Crippen molar-refractivity contribution in [3.05, 3.63) is 58.8 Å². The van der Waals surface area contributed by atoms with Gasteiger partial charge in [-0.1, -0.05) is 0 Å². The number of nitrogens with zero attached hydrogens (tertiary/aromatic N) is 2. The quantitative estimate of drug-likeness (QED) is 0.537.